The molecule has 3 aliphatic rings. The van der Waals surface area contributed by atoms with E-state index in [4.69, 9.17) is 11.1 Å². The lowest BCUT2D eigenvalue weighted by Crippen LogP contribution is -2.37. The zero-order valence-electron chi connectivity index (χ0n) is 20.3. The van der Waals surface area contributed by atoms with Crippen LogP contribution in [0.1, 0.15) is 62.6 Å². The number of anilines is 1. The topological polar surface area (TPSA) is 70.9 Å². The van der Waals surface area contributed by atoms with E-state index in [1.807, 2.05) is 52.2 Å². The summed E-state index contributed by atoms with van der Waals surface area (Å²) in [4.78, 5) is 2.82. The van der Waals surface area contributed by atoms with Crippen molar-refractivity contribution in [2.45, 2.75) is 58.9 Å². The molecule has 0 bridgehead atoms. The van der Waals surface area contributed by atoms with Crippen molar-refractivity contribution in [3.8, 4) is 0 Å². The van der Waals surface area contributed by atoms with E-state index in [1.54, 1.807) is 10.9 Å². The van der Waals surface area contributed by atoms with E-state index < -0.39 is 0 Å². The Labute approximate surface area is 198 Å². The highest BCUT2D eigenvalue weighted by molar-refractivity contribution is 7.99. The number of nitrogens with zero attached hydrogens (tertiary/aromatic N) is 3. The Morgan fingerprint density at radius 2 is 1.84 bits per heavy atom. The van der Waals surface area contributed by atoms with Crippen LogP contribution < -0.4 is 5.73 Å². The molecular weight excluding hydrogens is 414 g/mol. The fourth-order valence-corrected chi connectivity index (χ4v) is 6.38. The molecule has 5 nitrogen and oxygen atoms in total. The van der Waals surface area contributed by atoms with Gasteiger partial charge in [0.25, 0.3) is 0 Å². The molecule has 1 saturated carbocycles. The standard InChI is InChI=1S/C12H14N4.C12H21NS.C2H6/c1-8-3-4-10(11(13)5-8)12(14)9-6-15-16(2)7-9;1-3-10-7-13(8-11(10)4-1)12-5-2-6-14-9-12;1-2/h3-7,14H,13H2,1-2H3;10-12H,1-9H2;1-2H3/t;10-,11+,12?;. The lowest BCUT2D eigenvalue weighted by molar-refractivity contribution is 0.229. The summed E-state index contributed by atoms with van der Waals surface area (Å²) in [5, 5.41) is 12.1. The van der Waals surface area contributed by atoms with Gasteiger partial charge in [-0.2, -0.15) is 16.9 Å². The number of nitrogens with one attached hydrogen (secondary N) is 1. The second-order valence-electron chi connectivity index (χ2n) is 9.14. The van der Waals surface area contributed by atoms with Crippen molar-refractivity contribution in [3.05, 3.63) is 47.3 Å². The van der Waals surface area contributed by atoms with Crippen molar-refractivity contribution in [2.75, 3.05) is 30.3 Å². The van der Waals surface area contributed by atoms with Crippen molar-refractivity contribution in [1.29, 1.82) is 5.41 Å². The molecular formula is C26H41N5S. The van der Waals surface area contributed by atoms with Crippen molar-refractivity contribution < 1.29 is 0 Å². The zero-order chi connectivity index (χ0) is 23.1. The molecule has 2 aliphatic heterocycles. The van der Waals surface area contributed by atoms with Gasteiger partial charge in [-0.25, -0.2) is 0 Å². The van der Waals surface area contributed by atoms with Crippen molar-refractivity contribution in [1.82, 2.24) is 14.7 Å². The lowest BCUT2D eigenvalue weighted by Gasteiger charge is -2.31. The van der Waals surface area contributed by atoms with Gasteiger partial charge >= 0.3 is 0 Å². The minimum absolute atomic E-state index is 0.408. The summed E-state index contributed by atoms with van der Waals surface area (Å²) >= 11 is 2.18. The third-order valence-electron chi connectivity index (χ3n) is 6.88. The molecule has 3 heterocycles. The SMILES string of the molecule is C1CSCC(N2C[C@H]3CCC[C@H]3C2)C1.CC.Cc1ccc(C(=N)c2cnn(C)c2)c(N)c1. The summed E-state index contributed by atoms with van der Waals surface area (Å²) in [6.07, 6.45) is 11.0. The van der Waals surface area contributed by atoms with Crippen molar-refractivity contribution in [3.63, 3.8) is 0 Å². The molecule has 6 heteroatoms. The summed E-state index contributed by atoms with van der Waals surface area (Å²) in [5.74, 6) is 5.00. The van der Waals surface area contributed by atoms with Crippen LogP contribution in [0, 0.1) is 24.2 Å². The molecule has 32 heavy (non-hydrogen) atoms. The number of rotatable bonds is 3. The number of benzene rings is 1. The molecule has 2 aromatic rings. The summed E-state index contributed by atoms with van der Waals surface area (Å²) in [5.41, 5.74) is 9.56. The van der Waals surface area contributed by atoms with Crippen LogP contribution in [-0.4, -0.2) is 51.0 Å². The third-order valence-corrected chi connectivity index (χ3v) is 8.07. The number of aromatic nitrogens is 2. The molecule has 0 spiro atoms. The van der Waals surface area contributed by atoms with Gasteiger partial charge in [0.1, 0.15) is 0 Å². The second kappa shape index (κ2) is 11.9. The summed E-state index contributed by atoms with van der Waals surface area (Å²) in [7, 11) is 1.83. The first kappa shape index (κ1) is 24.8. The van der Waals surface area contributed by atoms with Crippen molar-refractivity contribution in [2.24, 2.45) is 18.9 Å². The number of aryl methyl sites for hydroxylation is 2. The van der Waals surface area contributed by atoms with E-state index in [9.17, 15) is 0 Å². The maximum absolute atomic E-state index is 8.06. The van der Waals surface area contributed by atoms with E-state index in [2.05, 4.69) is 21.8 Å². The average Bonchev–Trinajstić information content (AvgIpc) is 3.52. The Morgan fingerprint density at radius 1 is 1.12 bits per heavy atom. The van der Waals surface area contributed by atoms with Gasteiger partial charge < -0.3 is 5.73 Å². The first-order valence-electron chi connectivity index (χ1n) is 12.3. The summed E-state index contributed by atoms with van der Waals surface area (Å²) in [6, 6.07) is 6.65. The first-order valence-corrected chi connectivity index (χ1v) is 13.4. The van der Waals surface area contributed by atoms with Gasteiger partial charge in [-0.15, -0.1) is 0 Å². The molecule has 1 aromatic heterocycles. The normalized spacial score (nSPS) is 24.7. The molecule has 3 N–H and O–H groups in total. The molecule has 1 aromatic carbocycles. The second-order valence-corrected chi connectivity index (χ2v) is 10.3. The largest absolute Gasteiger partial charge is 0.398 e. The van der Waals surface area contributed by atoms with Crippen LogP contribution in [0.3, 0.4) is 0 Å². The quantitative estimate of drug-likeness (QED) is 0.482. The van der Waals surface area contributed by atoms with Gasteiger partial charge in [-0.1, -0.05) is 32.4 Å². The molecule has 3 fully saturated rings. The Balaban J connectivity index is 0.000000169. The Bertz CT molecular complexity index is 859. The lowest BCUT2D eigenvalue weighted by atomic mass is 10.0. The molecule has 1 unspecified atom stereocenters. The number of likely N-dealkylation sites (tertiary alicyclic amines) is 1. The Morgan fingerprint density at radius 3 is 2.41 bits per heavy atom. The number of nitrogen functional groups attached to an aromatic ring is 1. The van der Waals surface area contributed by atoms with Gasteiger partial charge in [0, 0.05) is 54.9 Å². The number of hydrogen-bond donors (Lipinski definition) is 2. The number of fused-ring (bicyclic) bond motifs is 1. The van der Waals surface area contributed by atoms with Crippen molar-refractivity contribution >= 4 is 23.2 Å². The fourth-order valence-electron chi connectivity index (χ4n) is 5.20. The summed E-state index contributed by atoms with van der Waals surface area (Å²) in [6.45, 7) is 8.86. The third kappa shape index (κ3) is 6.16. The predicted octanol–water partition coefficient (Wildman–Crippen LogP) is 5.37. The molecule has 5 rings (SSSR count). The molecule has 176 valence electrons. The highest BCUT2D eigenvalue weighted by atomic mass is 32.2. The maximum atomic E-state index is 8.06. The summed E-state index contributed by atoms with van der Waals surface area (Å²) < 4.78 is 1.67. The molecule has 1 aliphatic carbocycles. The molecule has 3 atom stereocenters. The molecule has 2 saturated heterocycles. The van der Waals surface area contributed by atoms with Gasteiger partial charge in [-0.05, 0) is 61.8 Å². The monoisotopic (exact) mass is 455 g/mol. The average molecular weight is 456 g/mol. The highest BCUT2D eigenvalue weighted by Crippen LogP contribution is 2.39. The van der Waals surface area contributed by atoms with Gasteiger partial charge in [0.15, 0.2) is 0 Å². The predicted molar refractivity (Wildman–Crippen MR) is 139 cm³/mol. The van der Waals surface area contributed by atoms with Crippen LogP contribution in [0.25, 0.3) is 0 Å². The minimum atomic E-state index is 0.408. The number of nitrogens with two attached hydrogens (primary N) is 1. The number of hydrogen-bond acceptors (Lipinski definition) is 5. The Hall–Kier alpha value is -1.79. The van der Waals surface area contributed by atoms with Crippen LogP contribution in [0.15, 0.2) is 30.6 Å². The fraction of sp³-hybridized carbons (Fsp3) is 0.615. The highest BCUT2D eigenvalue weighted by Gasteiger charge is 2.38. The van der Waals surface area contributed by atoms with Gasteiger partial charge in [0.05, 0.1) is 11.9 Å². The van der Waals surface area contributed by atoms with E-state index in [0.29, 0.717) is 11.4 Å². The van der Waals surface area contributed by atoms with Crippen LogP contribution in [0.5, 0.6) is 0 Å². The molecule has 0 amide bonds. The van der Waals surface area contributed by atoms with Gasteiger partial charge in [-0.3, -0.25) is 15.0 Å². The molecule has 0 radical (unpaired) electrons. The van der Waals surface area contributed by atoms with Crippen LogP contribution in [-0.2, 0) is 7.05 Å². The number of thioether (sulfide) groups is 1. The van der Waals surface area contributed by atoms with Crippen LogP contribution in [0.4, 0.5) is 5.69 Å². The van der Waals surface area contributed by atoms with Crippen LogP contribution in [0.2, 0.25) is 0 Å². The van der Waals surface area contributed by atoms with E-state index in [0.717, 1.165) is 34.6 Å². The zero-order valence-corrected chi connectivity index (χ0v) is 21.1. The van der Waals surface area contributed by atoms with Crippen LogP contribution >= 0.6 is 11.8 Å². The minimum Gasteiger partial charge on any atom is -0.398 e. The smallest absolute Gasteiger partial charge is 0.0736 e. The van der Waals surface area contributed by atoms with E-state index in [-0.39, 0.29) is 0 Å². The van der Waals surface area contributed by atoms with E-state index >= 15 is 0 Å². The Kier molecular flexibility index (Phi) is 9.23. The van der Waals surface area contributed by atoms with Gasteiger partial charge in [0.2, 0.25) is 0 Å². The first-order chi connectivity index (χ1) is 15.5. The maximum Gasteiger partial charge on any atom is 0.0736 e. The van der Waals surface area contributed by atoms with E-state index in [1.165, 1.54) is 56.7 Å².